The molecule has 1 aliphatic rings. The first-order valence-electron chi connectivity index (χ1n) is 7.51. The van der Waals surface area contributed by atoms with Crippen LogP contribution in [0.4, 0.5) is 8.78 Å². The van der Waals surface area contributed by atoms with Crippen LogP contribution in [0.2, 0.25) is 0 Å². The van der Waals surface area contributed by atoms with E-state index in [1.807, 2.05) is 4.57 Å². The quantitative estimate of drug-likeness (QED) is 0.790. The third-order valence-corrected chi connectivity index (χ3v) is 3.56. The number of alkyl halides is 2. The maximum absolute atomic E-state index is 12.3. The van der Waals surface area contributed by atoms with Crippen LogP contribution < -0.4 is 10.1 Å². The van der Waals surface area contributed by atoms with E-state index in [9.17, 15) is 13.6 Å². The Bertz CT molecular complexity index is 741. The topological polar surface area (TPSA) is 69.0 Å². The van der Waals surface area contributed by atoms with Gasteiger partial charge in [0.2, 0.25) is 5.91 Å². The number of nitrogens with zero attached hydrogens (tertiary/aromatic N) is 3. The molecule has 1 aromatic carbocycles. The highest BCUT2D eigenvalue weighted by Gasteiger charge is 2.25. The highest BCUT2D eigenvalue weighted by atomic mass is 19.3. The summed E-state index contributed by atoms with van der Waals surface area (Å²) < 4.78 is 31.1. The van der Waals surface area contributed by atoms with E-state index in [1.165, 1.54) is 18.2 Å². The zero-order chi connectivity index (χ0) is 16.9. The number of carbonyl (C=O) groups excluding carboxylic acids is 1. The Labute approximate surface area is 137 Å². The minimum Gasteiger partial charge on any atom is -0.434 e. The van der Waals surface area contributed by atoms with E-state index >= 15 is 0 Å². The van der Waals surface area contributed by atoms with Gasteiger partial charge in [0.1, 0.15) is 12.1 Å². The monoisotopic (exact) mass is 334 g/mol. The van der Waals surface area contributed by atoms with Gasteiger partial charge in [-0.15, -0.1) is 10.2 Å². The first-order chi connectivity index (χ1) is 11.6. The summed E-state index contributed by atoms with van der Waals surface area (Å²) in [6.45, 7) is -2.66. The summed E-state index contributed by atoms with van der Waals surface area (Å²) in [5, 5.41) is 10.5. The fourth-order valence-corrected chi connectivity index (χ4v) is 2.26. The standard InChI is InChI=1S/C16H16F2N4O2/c17-16(18)24-13-4-2-1-3-11(13)5-8-15(23)19-9-14-21-20-10-22(14)12-6-7-12/h1-5,8,10,12,16H,6-7,9H2,(H,19,23)/b8-5+. The number of hydrogen-bond donors (Lipinski definition) is 1. The molecule has 3 rings (SSSR count). The van der Waals surface area contributed by atoms with Gasteiger partial charge in [0.15, 0.2) is 5.82 Å². The summed E-state index contributed by atoms with van der Waals surface area (Å²) in [5.74, 6) is 0.359. The number of nitrogens with one attached hydrogen (secondary N) is 1. The van der Waals surface area contributed by atoms with Crippen molar-refractivity contribution in [1.82, 2.24) is 20.1 Å². The van der Waals surface area contributed by atoms with Gasteiger partial charge < -0.3 is 14.6 Å². The lowest BCUT2D eigenvalue weighted by atomic mass is 10.2. The molecule has 1 saturated carbocycles. The number of hydrogen-bond acceptors (Lipinski definition) is 4. The van der Waals surface area contributed by atoms with Crippen LogP contribution >= 0.6 is 0 Å². The summed E-state index contributed by atoms with van der Waals surface area (Å²) in [7, 11) is 0. The zero-order valence-electron chi connectivity index (χ0n) is 12.7. The van der Waals surface area contributed by atoms with Crippen LogP contribution in [0.1, 0.15) is 30.3 Å². The van der Waals surface area contributed by atoms with E-state index in [0.717, 1.165) is 12.8 Å². The molecule has 6 nitrogen and oxygen atoms in total. The second kappa shape index (κ2) is 7.20. The molecule has 1 aromatic heterocycles. The summed E-state index contributed by atoms with van der Waals surface area (Å²) in [5.41, 5.74) is 0.397. The average Bonchev–Trinajstić information content (AvgIpc) is 3.30. The number of benzene rings is 1. The van der Waals surface area contributed by atoms with Crippen molar-refractivity contribution in [1.29, 1.82) is 0 Å². The predicted octanol–water partition coefficient (Wildman–Crippen LogP) is 2.54. The molecule has 1 amide bonds. The van der Waals surface area contributed by atoms with Crippen molar-refractivity contribution >= 4 is 12.0 Å². The molecule has 1 fully saturated rings. The number of rotatable bonds is 7. The van der Waals surface area contributed by atoms with Gasteiger partial charge in [-0.1, -0.05) is 18.2 Å². The van der Waals surface area contributed by atoms with E-state index in [2.05, 4.69) is 20.3 Å². The van der Waals surface area contributed by atoms with Crippen molar-refractivity contribution in [3.8, 4) is 5.75 Å². The third-order valence-electron chi connectivity index (χ3n) is 3.56. The number of amides is 1. The largest absolute Gasteiger partial charge is 0.434 e. The van der Waals surface area contributed by atoms with Gasteiger partial charge in [0.05, 0.1) is 6.54 Å². The molecule has 0 saturated heterocycles. The van der Waals surface area contributed by atoms with Crippen LogP contribution in [-0.2, 0) is 11.3 Å². The fraction of sp³-hybridized carbons (Fsp3) is 0.312. The van der Waals surface area contributed by atoms with Crippen molar-refractivity contribution in [3.63, 3.8) is 0 Å². The van der Waals surface area contributed by atoms with Crippen LogP contribution in [-0.4, -0.2) is 27.3 Å². The summed E-state index contributed by atoms with van der Waals surface area (Å²) in [6, 6.07) is 6.70. The fourth-order valence-electron chi connectivity index (χ4n) is 2.26. The molecular weight excluding hydrogens is 318 g/mol. The molecule has 0 bridgehead atoms. The number of halogens is 2. The highest BCUT2D eigenvalue weighted by Crippen LogP contribution is 2.35. The molecule has 2 aromatic rings. The molecule has 1 aliphatic carbocycles. The van der Waals surface area contributed by atoms with Crippen LogP contribution in [0.25, 0.3) is 6.08 Å². The summed E-state index contributed by atoms with van der Waals surface area (Å²) in [6.07, 6.45) is 6.55. The van der Waals surface area contributed by atoms with Gasteiger partial charge in [-0.05, 0) is 25.0 Å². The Kier molecular flexibility index (Phi) is 4.83. The van der Waals surface area contributed by atoms with Gasteiger partial charge >= 0.3 is 6.61 Å². The highest BCUT2D eigenvalue weighted by molar-refractivity contribution is 5.92. The molecule has 1 heterocycles. The molecule has 0 unspecified atom stereocenters. The first-order valence-corrected chi connectivity index (χ1v) is 7.51. The van der Waals surface area contributed by atoms with E-state index in [0.29, 0.717) is 17.4 Å². The Morgan fingerprint density at radius 2 is 2.21 bits per heavy atom. The maximum atomic E-state index is 12.3. The van der Waals surface area contributed by atoms with Crippen LogP contribution in [0.3, 0.4) is 0 Å². The zero-order valence-corrected chi connectivity index (χ0v) is 12.7. The minimum absolute atomic E-state index is 0.0185. The lowest BCUT2D eigenvalue weighted by molar-refractivity contribution is -0.116. The number of para-hydroxylation sites is 1. The molecule has 0 atom stereocenters. The maximum Gasteiger partial charge on any atom is 0.387 e. The number of aromatic nitrogens is 3. The minimum atomic E-state index is -2.91. The van der Waals surface area contributed by atoms with Crippen molar-refractivity contribution in [2.24, 2.45) is 0 Å². The van der Waals surface area contributed by atoms with Crippen molar-refractivity contribution < 1.29 is 18.3 Å². The van der Waals surface area contributed by atoms with Gasteiger partial charge in [-0.25, -0.2) is 0 Å². The molecular formula is C16H16F2N4O2. The van der Waals surface area contributed by atoms with E-state index in [-0.39, 0.29) is 18.2 Å². The van der Waals surface area contributed by atoms with Gasteiger partial charge in [-0.2, -0.15) is 8.78 Å². The molecule has 0 radical (unpaired) electrons. The predicted molar refractivity (Wildman–Crippen MR) is 82.2 cm³/mol. The Morgan fingerprint density at radius 3 is 2.96 bits per heavy atom. The Balaban J connectivity index is 1.58. The van der Waals surface area contributed by atoms with Crippen LogP contribution in [0.5, 0.6) is 5.75 Å². The number of ether oxygens (including phenoxy) is 1. The van der Waals surface area contributed by atoms with Crippen LogP contribution in [0, 0.1) is 0 Å². The molecule has 126 valence electrons. The van der Waals surface area contributed by atoms with E-state index in [4.69, 9.17) is 0 Å². The second-order valence-electron chi connectivity index (χ2n) is 5.35. The summed E-state index contributed by atoms with van der Waals surface area (Å²) >= 11 is 0. The van der Waals surface area contributed by atoms with Crippen molar-refractivity contribution in [2.75, 3.05) is 0 Å². The smallest absolute Gasteiger partial charge is 0.387 e. The molecule has 0 spiro atoms. The van der Waals surface area contributed by atoms with Crippen LogP contribution in [0.15, 0.2) is 36.7 Å². The first kappa shape index (κ1) is 16.1. The van der Waals surface area contributed by atoms with Gasteiger partial charge in [0, 0.05) is 17.7 Å². The number of carbonyl (C=O) groups is 1. The Morgan fingerprint density at radius 1 is 1.42 bits per heavy atom. The Hall–Kier alpha value is -2.77. The van der Waals surface area contributed by atoms with Gasteiger partial charge in [0.25, 0.3) is 0 Å². The normalized spacial score (nSPS) is 14.3. The summed E-state index contributed by atoms with van der Waals surface area (Å²) in [4.78, 5) is 11.9. The van der Waals surface area contributed by atoms with Crippen molar-refractivity contribution in [3.05, 3.63) is 48.1 Å². The van der Waals surface area contributed by atoms with Gasteiger partial charge in [-0.3, -0.25) is 4.79 Å². The lowest BCUT2D eigenvalue weighted by Crippen LogP contribution is -2.22. The molecule has 0 aliphatic heterocycles. The lowest BCUT2D eigenvalue weighted by Gasteiger charge is -2.07. The average molecular weight is 334 g/mol. The molecule has 1 N–H and O–H groups in total. The van der Waals surface area contributed by atoms with Crippen molar-refractivity contribution in [2.45, 2.75) is 32.0 Å². The SMILES string of the molecule is O=C(/C=C/c1ccccc1OC(F)F)NCc1nncn1C1CC1. The molecule has 24 heavy (non-hydrogen) atoms. The third kappa shape index (κ3) is 4.15. The molecule has 8 heteroatoms. The van der Waals surface area contributed by atoms with E-state index < -0.39 is 6.61 Å². The second-order valence-corrected chi connectivity index (χ2v) is 5.35. The van der Waals surface area contributed by atoms with E-state index in [1.54, 1.807) is 24.5 Å².